The fraction of sp³-hybridized carbons (Fsp3) is 0.714. The molecule has 6 N–H and O–H groups in total. The topological polar surface area (TPSA) is 175 Å². The first-order valence-corrected chi connectivity index (χ1v) is 26.4. The Bertz CT molecular complexity index is 1410. The third-order valence-electron chi connectivity index (χ3n) is 11.9. The van der Waals surface area contributed by atoms with E-state index in [2.05, 4.69) is 80.8 Å². The van der Waals surface area contributed by atoms with Crippen LogP contribution in [0.2, 0.25) is 0 Å². The quantitative estimate of drug-likeness (QED) is 0.0150. The van der Waals surface area contributed by atoms with Crippen LogP contribution in [-0.2, 0) is 23.8 Å². The lowest BCUT2D eigenvalue weighted by molar-refractivity contribution is -0.305. The molecule has 11 nitrogen and oxygen atoms in total. The van der Waals surface area contributed by atoms with Crippen molar-refractivity contribution in [3.63, 3.8) is 0 Å². The van der Waals surface area contributed by atoms with E-state index in [-0.39, 0.29) is 19.4 Å². The minimum atomic E-state index is -1.63. The van der Waals surface area contributed by atoms with Gasteiger partial charge in [0.1, 0.15) is 24.4 Å². The van der Waals surface area contributed by atoms with Crippen molar-refractivity contribution in [3.05, 3.63) is 85.1 Å². The second-order valence-corrected chi connectivity index (χ2v) is 17.9. The number of rotatable bonds is 42. The fourth-order valence-electron chi connectivity index (χ4n) is 7.66. The van der Waals surface area contributed by atoms with Crippen molar-refractivity contribution in [2.24, 2.45) is 0 Å². The molecule has 0 saturated carbocycles. The van der Waals surface area contributed by atoms with E-state index in [1.807, 2.05) is 24.3 Å². The zero-order valence-electron chi connectivity index (χ0n) is 42.0. The molecule has 1 amide bonds. The molecule has 0 aromatic carbocycles. The maximum atomic E-state index is 13.3. The summed E-state index contributed by atoms with van der Waals surface area (Å²) >= 11 is 0. The van der Waals surface area contributed by atoms with Gasteiger partial charge in [0.15, 0.2) is 12.4 Å². The van der Waals surface area contributed by atoms with Crippen molar-refractivity contribution in [2.75, 3.05) is 13.2 Å². The summed E-state index contributed by atoms with van der Waals surface area (Å²) in [5.41, 5.74) is 0. The van der Waals surface area contributed by atoms with E-state index in [0.717, 1.165) is 103 Å². The van der Waals surface area contributed by atoms with Gasteiger partial charge in [-0.05, 0) is 77.0 Å². The zero-order valence-corrected chi connectivity index (χ0v) is 42.0. The first kappa shape index (κ1) is 61.9. The van der Waals surface area contributed by atoms with E-state index >= 15 is 0 Å². The Labute approximate surface area is 406 Å². The fourth-order valence-corrected chi connectivity index (χ4v) is 7.66. The van der Waals surface area contributed by atoms with Crippen LogP contribution in [0.5, 0.6) is 0 Å². The molecule has 1 saturated heterocycles. The molecular weight excluding hydrogens is 847 g/mol. The molecule has 1 aliphatic heterocycles. The standard InChI is InChI=1S/C56H95NO10/c1-4-7-10-13-16-19-22-25-28-31-34-37-40-43-49(60)55(64)57-47(48(59)42-39-36-33-30-27-24-21-18-15-12-9-6-3)46-65-56-54(53(63)52(62)50(45-58)66-56)67-51(61)44-41-38-35-32-29-26-23-20-17-14-11-8-5-2/h7-8,10-11,14,16-17,19-20,23,25,28,39,42,47-50,52-54,56,58-60,62-63H,4-6,9,12-13,15,18,21-22,24,26-27,29-38,40-41,43-46H2,1-3H3,(H,57,64)/b10-7+,11-8+,17-14+,19-16+,23-20-,28-25+,42-39+. The number of carbonyl (C=O) groups excluding carboxylic acids is 2. The number of hydrogen-bond donors (Lipinski definition) is 6. The maximum Gasteiger partial charge on any atom is 0.306 e. The van der Waals surface area contributed by atoms with Gasteiger partial charge in [-0.3, -0.25) is 9.59 Å². The number of esters is 1. The second-order valence-electron chi connectivity index (χ2n) is 17.9. The van der Waals surface area contributed by atoms with Gasteiger partial charge in [0.25, 0.3) is 0 Å². The predicted molar refractivity (Wildman–Crippen MR) is 273 cm³/mol. The number of unbranched alkanes of at least 4 members (excludes halogenated alkanes) is 18. The van der Waals surface area contributed by atoms with E-state index in [9.17, 15) is 35.1 Å². The van der Waals surface area contributed by atoms with Gasteiger partial charge < -0.3 is 45.1 Å². The smallest absolute Gasteiger partial charge is 0.306 e. The summed E-state index contributed by atoms with van der Waals surface area (Å²) in [6.07, 6.45) is 44.9. The number of carbonyl (C=O) groups is 2. The van der Waals surface area contributed by atoms with Crippen LogP contribution in [0.4, 0.5) is 0 Å². The van der Waals surface area contributed by atoms with Crippen LogP contribution < -0.4 is 5.32 Å². The van der Waals surface area contributed by atoms with Gasteiger partial charge in [-0.1, -0.05) is 196 Å². The summed E-state index contributed by atoms with van der Waals surface area (Å²) in [4.78, 5) is 26.3. The van der Waals surface area contributed by atoms with E-state index in [1.165, 1.54) is 44.9 Å². The van der Waals surface area contributed by atoms with Gasteiger partial charge in [-0.2, -0.15) is 0 Å². The summed E-state index contributed by atoms with van der Waals surface area (Å²) in [7, 11) is 0. The van der Waals surface area contributed by atoms with Crippen molar-refractivity contribution in [1.82, 2.24) is 5.32 Å². The van der Waals surface area contributed by atoms with Gasteiger partial charge in [-0.25, -0.2) is 0 Å². The third-order valence-corrected chi connectivity index (χ3v) is 11.9. The van der Waals surface area contributed by atoms with E-state index < -0.39 is 67.4 Å². The highest BCUT2D eigenvalue weighted by molar-refractivity contribution is 5.80. The molecule has 0 aliphatic carbocycles. The van der Waals surface area contributed by atoms with Crippen molar-refractivity contribution in [2.45, 2.75) is 243 Å². The number of ether oxygens (including phenoxy) is 3. The molecule has 0 aromatic heterocycles. The van der Waals surface area contributed by atoms with Crippen LogP contribution in [-0.4, -0.2) is 99.6 Å². The van der Waals surface area contributed by atoms with Gasteiger partial charge in [-0.15, -0.1) is 0 Å². The maximum absolute atomic E-state index is 13.3. The number of aliphatic hydroxyl groups excluding tert-OH is 5. The minimum absolute atomic E-state index is 0.0935. The zero-order chi connectivity index (χ0) is 49.0. The van der Waals surface area contributed by atoms with Crippen molar-refractivity contribution < 1.29 is 49.3 Å². The molecule has 8 atom stereocenters. The number of allylic oxidation sites excluding steroid dienone is 13. The van der Waals surface area contributed by atoms with Gasteiger partial charge in [0.05, 0.1) is 25.4 Å². The Morgan fingerprint density at radius 2 is 1.15 bits per heavy atom. The van der Waals surface area contributed by atoms with Gasteiger partial charge in [0, 0.05) is 6.42 Å². The SMILES string of the molecule is CC/C=C/C=C/C=C\CCCCCCCC(=O)OC1C(OCC(NC(=O)C(O)CCCCC/C=C/C/C=C/C/C=C/CC)C(O)/C=C/CCCCCCCCCCCC)OC(CO)C(O)C1O. The van der Waals surface area contributed by atoms with Crippen molar-refractivity contribution in [1.29, 1.82) is 0 Å². The molecule has 1 rings (SSSR count). The van der Waals surface area contributed by atoms with E-state index in [1.54, 1.807) is 6.08 Å². The average Bonchev–Trinajstić information content (AvgIpc) is 3.32. The predicted octanol–water partition coefficient (Wildman–Crippen LogP) is 11.0. The van der Waals surface area contributed by atoms with Crippen molar-refractivity contribution >= 4 is 11.9 Å². The number of amides is 1. The summed E-state index contributed by atoms with van der Waals surface area (Å²) in [5, 5.41) is 56.6. The first-order chi connectivity index (χ1) is 32.7. The highest BCUT2D eigenvalue weighted by Crippen LogP contribution is 2.26. The number of nitrogens with one attached hydrogen (secondary N) is 1. The molecule has 11 heteroatoms. The normalized spacial score (nSPS) is 20.7. The van der Waals surface area contributed by atoms with Crippen LogP contribution in [0.25, 0.3) is 0 Å². The molecule has 0 spiro atoms. The summed E-state index contributed by atoms with van der Waals surface area (Å²) in [6, 6.07) is -1.04. The minimum Gasteiger partial charge on any atom is -0.454 e. The number of hydrogen-bond acceptors (Lipinski definition) is 10. The summed E-state index contributed by atoms with van der Waals surface area (Å²) in [5.74, 6) is -1.25. The summed E-state index contributed by atoms with van der Waals surface area (Å²) in [6.45, 7) is 5.47. The van der Waals surface area contributed by atoms with Crippen LogP contribution >= 0.6 is 0 Å². The lowest BCUT2D eigenvalue weighted by Gasteiger charge is -2.41. The molecule has 0 aromatic rings. The highest BCUT2D eigenvalue weighted by Gasteiger charge is 2.47. The Hall–Kier alpha value is -3.16. The number of aliphatic hydroxyl groups is 5. The van der Waals surface area contributed by atoms with Gasteiger partial charge >= 0.3 is 5.97 Å². The third kappa shape index (κ3) is 33.1. The first-order valence-electron chi connectivity index (χ1n) is 26.4. The average molecular weight is 942 g/mol. The Kier molecular flexibility index (Phi) is 40.7. The lowest BCUT2D eigenvalue weighted by atomic mass is 9.99. The Balaban J connectivity index is 2.82. The van der Waals surface area contributed by atoms with Crippen LogP contribution in [0.3, 0.4) is 0 Å². The monoisotopic (exact) mass is 942 g/mol. The molecule has 67 heavy (non-hydrogen) atoms. The molecule has 8 unspecified atom stereocenters. The van der Waals surface area contributed by atoms with E-state index in [4.69, 9.17) is 14.2 Å². The molecule has 0 bridgehead atoms. The molecule has 1 aliphatic rings. The van der Waals surface area contributed by atoms with Crippen LogP contribution in [0.15, 0.2) is 85.1 Å². The molecular formula is C56H95NO10. The molecule has 384 valence electrons. The van der Waals surface area contributed by atoms with E-state index in [0.29, 0.717) is 12.8 Å². The summed E-state index contributed by atoms with van der Waals surface area (Å²) < 4.78 is 17.5. The molecule has 1 fully saturated rings. The van der Waals surface area contributed by atoms with Crippen LogP contribution in [0.1, 0.15) is 194 Å². The lowest BCUT2D eigenvalue weighted by Crippen LogP contribution is -2.61. The largest absolute Gasteiger partial charge is 0.454 e. The van der Waals surface area contributed by atoms with Crippen molar-refractivity contribution in [3.8, 4) is 0 Å². The Morgan fingerprint density at radius 1 is 0.612 bits per heavy atom. The molecule has 0 radical (unpaired) electrons. The second kappa shape index (κ2) is 44.1. The Morgan fingerprint density at radius 3 is 1.78 bits per heavy atom. The molecule has 1 heterocycles. The van der Waals surface area contributed by atoms with Gasteiger partial charge in [0.2, 0.25) is 5.91 Å². The highest BCUT2D eigenvalue weighted by atomic mass is 16.7. The van der Waals surface area contributed by atoms with Crippen LogP contribution in [0, 0.1) is 0 Å².